The van der Waals surface area contributed by atoms with Gasteiger partial charge in [0.05, 0.1) is 22.1 Å². The SMILES string of the molecule is C1=C(C2CCC(c3ccc4c(c3)c3ccccc3n4-c3ccc(-c4ccc(-c5ccccc5)cc4)cc3)S2)SC(c2ccc3c(c2)c2ccccc2n3-c2ccc(-c3ccc(-c4ccccc4)cc3)cc2)C1. The average Bonchev–Trinajstić information content (AvgIpc) is 4.28. The van der Waals surface area contributed by atoms with Gasteiger partial charge in [-0.1, -0.05) is 188 Å². The van der Waals surface area contributed by atoms with E-state index in [2.05, 4.69) is 281 Å². The molecule has 0 spiro atoms. The lowest BCUT2D eigenvalue weighted by atomic mass is 10.0. The minimum Gasteiger partial charge on any atom is -0.309 e. The summed E-state index contributed by atoms with van der Waals surface area (Å²) in [5.74, 6) is 0. The molecule has 72 heavy (non-hydrogen) atoms. The van der Waals surface area contributed by atoms with Crippen LogP contribution in [0.15, 0.2) is 254 Å². The number of aromatic nitrogens is 2. The normalized spacial score (nSPS) is 16.8. The summed E-state index contributed by atoms with van der Waals surface area (Å²) in [6, 6.07) is 89.6. The van der Waals surface area contributed by atoms with Crippen LogP contribution >= 0.6 is 23.5 Å². The third kappa shape index (κ3) is 7.69. The maximum Gasteiger partial charge on any atom is 0.0541 e. The first-order valence-electron chi connectivity index (χ1n) is 25.3. The molecule has 2 aliphatic rings. The van der Waals surface area contributed by atoms with Crippen molar-refractivity contribution in [2.24, 2.45) is 0 Å². The van der Waals surface area contributed by atoms with Crippen molar-refractivity contribution < 1.29 is 0 Å². The van der Waals surface area contributed by atoms with E-state index in [1.54, 1.807) is 4.91 Å². The topological polar surface area (TPSA) is 9.86 Å². The Bertz CT molecular complexity index is 3980. The van der Waals surface area contributed by atoms with E-state index in [-0.39, 0.29) is 0 Å². The lowest BCUT2D eigenvalue weighted by Crippen LogP contribution is -1.97. The molecule has 10 aromatic carbocycles. The van der Waals surface area contributed by atoms with Crippen LogP contribution < -0.4 is 0 Å². The number of hydrogen-bond acceptors (Lipinski definition) is 2. The Morgan fingerprint density at radius 3 is 1.12 bits per heavy atom. The summed E-state index contributed by atoms with van der Waals surface area (Å²) in [6.07, 6.45) is 6.04. The second kappa shape index (κ2) is 18.1. The van der Waals surface area contributed by atoms with Crippen molar-refractivity contribution >= 4 is 67.1 Å². The highest BCUT2D eigenvalue weighted by molar-refractivity contribution is 8.06. The van der Waals surface area contributed by atoms with Gasteiger partial charge in [-0.15, -0.1) is 23.5 Å². The second-order valence-corrected chi connectivity index (χ2v) is 22.1. The molecule has 14 rings (SSSR count). The maximum absolute atomic E-state index is 2.56. The molecular formula is C68H50N2S2. The number of rotatable bonds is 9. The molecular weight excluding hydrogens is 909 g/mol. The molecule has 3 unspecified atom stereocenters. The summed E-state index contributed by atoms with van der Waals surface area (Å²) in [4.78, 5) is 1.57. The van der Waals surface area contributed by atoms with Crippen LogP contribution in [0, 0.1) is 0 Å². The number of thioether (sulfide) groups is 2. The van der Waals surface area contributed by atoms with Crippen LogP contribution in [-0.2, 0) is 0 Å². The lowest BCUT2D eigenvalue weighted by Gasteiger charge is -2.16. The Labute approximate surface area is 429 Å². The van der Waals surface area contributed by atoms with Gasteiger partial charge in [-0.25, -0.2) is 0 Å². The van der Waals surface area contributed by atoms with Crippen LogP contribution in [0.2, 0.25) is 0 Å². The minimum absolute atomic E-state index is 0.426. The molecule has 0 radical (unpaired) electrons. The molecule has 4 heteroatoms. The molecule has 4 heterocycles. The first kappa shape index (κ1) is 43.1. The number of para-hydroxylation sites is 2. The fraction of sp³-hybridized carbons (Fsp3) is 0.0882. The van der Waals surface area contributed by atoms with Gasteiger partial charge in [0.25, 0.3) is 0 Å². The van der Waals surface area contributed by atoms with Gasteiger partial charge in [-0.3, -0.25) is 0 Å². The largest absolute Gasteiger partial charge is 0.309 e. The van der Waals surface area contributed by atoms with Crippen molar-refractivity contribution in [1.82, 2.24) is 9.13 Å². The third-order valence-corrected chi connectivity index (χ3v) is 18.5. The monoisotopic (exact) mass is 958 g/mol. The lowest BCUT2D eigenvalue weighted by molar-refractivity contribution is 0.792. The van der Waals surface area contributed by atoms with E-state index in [9.17, 15) is 0 Å². The van der Waals surface area contributed by atoms with Crippen LogP contribution in [0.25, 0.3) is 99.5 Å². The Morgan fingerprint density at radius 1 is 0.306 bits per heavy atom. The van der Waals surface area contributed by atoms with Gasteiger partial charge < -0.3 is 9.13 Å². The highest BCUT2D eigenvalue weighted by Gasteiger charge is 2.33. The van der Waals surface area contributed by atoms with Gasteiger partial charge in [-0.2, -0.15) is 0 Å². The van der Waals surface area contributed by atoms with Crippen LogP contribution in [0.3, 0.4) is 0 Å². The zero-order valence-corrected chi connectivity index (χ0v) is 41.4. The summed E-state index contributed by atoms with van der Waals surface area (Å²) in [6.45, 7) is 0. The number of fused-ring (bicyclic) bond motifs is 6. The van der Waals surface area contributed by atoms with Crippen LogP contribution in [0.5, 0.6) is 0 Å². The molecule has 0 bridgehead atoms. The number of benzene rings is 10. The summed E-state index contributed by atoms with van der Waals surface area (Å²) in [7, 11) is 0. The van der Waals surface area contributed by atoms with Gasteiger partial charge in [0.1, 0.15) is 0 Å². The average molecular weight is 959 g/mol. The molecule has 2 nitrogen and oxygen atoms in total. The quantitative estimate of drug-likeness (QED) is 0.143. The molecule has 0 amide bonds. The van der Waals surface area contributed by atoms with E-state index in [0.29, 0.717) is 15.7 Å². The van der Waals surface area contributed by atoms with Gasteiger partial charge in [0, 0.05) is 48.7 Å². The van der Waals surface area contributed by atoms with Crippen LogP contribution in [0.1, 0.15) is 40.9 Å². The molecule has 1 saturated heterocycles. The standard InChI is InChI=1S/C68H50N2S2/c1-3-11-45(12-4-1)47-19-23-49(24-20-47)51-27-33-55(34-28-51)69-61-17-9-7-15-57(61)59-43-53(31-37-63(59)69)65-39-41-67(71-65)68-42-40-66(72-68)54-32-38-64-60(44-54)58-16-8-10-18-62(58)70(64)56-35-29-52(30-36-56)50-25-21-48(22-26-50)46-13-5-2-6-14-46/h1-38,41,43-44,65-66,68H,39-40,42H2. The maximum atomic E-state index is 2.56. The predicted octanol–water partition coefficient (Wildman–Crippen LogP) is 19.2. The summed E-state index contributed by atoms with van der Waals surface area (Å²) < 4.78 is 4.89. The molecule has 0 aliphatic carbocycles. The third-order valence-electron chi connectivity index (χ3n) is 15.2. The summed E-state index contributed by atoms with van der Waals surface area (Å²) in [5, 5.41) is 6.71. The van der Waals surface area contributed by atoms with Crippen LogP contribution in [-0.4, -0.2) is 14.4 Å². The van der Waals surface area contributed by atoms with Crippen molar-refractivity contribution in [2.75, 3.05) is 0 Å². The van der Waals surface area contributed by atoms with Crippen molar-refractivity contribution in [3.8, 4) is 55.9 Å². The smallest absolute Gasteiger partial charge is 0.0541 e. The van der Waals surface area contributed by atoms with Crippen molar-refractivity contribution in [1.29, 1.82) is 0 Å². The van der Waals surface area contributed by atoms with E-state index in [0.717, 1.165) is 6.42 Å². The molecule has 2 aromatic heterocycles. The van der Waals surface area contributed by atoms with Crippen LogP contribution in [0.4, 0.5) is 0 Å². The molecule has 0 saturated carbocycles. The highest BCUT2D eigenvalue weighted by atomic mass is 32.2. The van der Waals surface area contributed by atoms with E-state index in [1.807, 2.05) is 0 Å². The summed E-state index contributed by atoms with van der Waals surface area (Å²) in [5.41, 5.74) is 20.1. The molecule has 344 valence electrons. The number of hydrogen-bond donors (Lipinski definition) is 0. The Morgan fingerprint density at radius 2 is 0.667 bits per heavy atom. The van der Waals surface area contributed by atoms with E-state index in [1.165, 1.54) is 123 Å². The van der Waals surface area contributed by atoms with E-state index < -0.39 is 0 Å². The predicted molar refractivity (Wildman–Crippen MR) is 310 cm³/mol. The van der Waals surface area contributed by atoms with Crippen molar-refractivity contribution in [3.05, 3.63) is 265 Å². The van der Waals surface area contributed by atoms with Gasteiger partial charge in [0.15, 0.2) is 0 Å². The molecule has 12 aromatic rings. The number of nitrogens with zero attached hydrogens (tertiary/aromatic N) is 2. The van der Waals surface area contributed by atoms with Gasteiger partial charge in [-0.05, 0) is 140 Å². The second-order valence-electron chi connectivity index (χ2n) is 19.4. The first-order chi connectivity index (χ1) is 35.7. The first-order valence-corrected chi connectivity index (χ1v) is 27.1. The fourth-order valence-corrected chi connectivity index (χ4v) is 14.6. The van der Waals surface area contributed by atoms with Gasteiger partial charge >= 0.3 is 0 Å². The zero-order valence-electron chi connectivity index (χ0n) is 39.7. The van der Waals surface area contributed by atoms with E-state index >= 15 is 0 Å². The fourth-order valence-electron chi connectivity index (χ4n) is 11.5. The molecule has 2 aliphatic heterocycles. The van der Waals surface area contributed by atoms with Crippen molar-refractivity contribution in [3.63, 3.8) is 0 Å². The summed E-state index contributed by atoms with van der Waals surface area (Å²) >= 11 is 4.29. The molecule has 1 fully saturated rings. The van der Waals surface area contributed by atoms with E-state index in [4.69, 9.17) is 0 Å². The Balaban J connectivity index is 0.678. The minimum atomic E-state index is 0.426. The zero-order chi connectivity index (χ0) is 47.5. The highest BCUT2D eigenvalue weighted by Crippen LogP contribution is 2.55. The molecule has 3 atom stereocenters. The van der Waals surface area contributed by atoms with Gasteiger partial charge in [0.2, 0.25) is 0 Å². The molecule has 0 N–H and O–H groups in total. The number of allylic oxidation sites excluding steroid dienone is 1. The Hall–Kier alpha value is -7.76. The van der Waals surface area contributed by atoms with Crippen molar-refractivity contribution in [2.45, 2.75) is 35.0 Å². The Kier molecular flexibility index (Phi) is 10.8.